The fourth-order valence-electron chi connectivity index (χ4n) is 1.81. The first-order valence-corrected chi connectivity index (χ1v) is 8.10. The van der Waals surface area contributed by atoms with Gasteiger partial charge in [0, 0.05) is 21.7 Å². The smallest absolute Gasteiger partial charge is 0.255 e. The van der Waals surface area contributed by atoms with Crippen molar-refractivity contribution >= 4 is 46.4 Å². The van der Waals surface area contributed by atoms with Crippen LogP contribution in [0.3, 0.4) is 0 Å². The van der Waals surface area contributed by atoms with Crippen molar-refractivity contribution in [3.63, 3.8) is 0 Å². The fraction of sp³-hybridized carbons (Fsp3) is 0.222. The zero-order chi connectivity index (χ0) is 17.9. The minimum Gasteiger partial charge on any atom is -0.326 e. The van der Waals surface area contributed by atoms with Crippen LogP contribution in [0.4, 0.5) is 11.4 Å². The molecule has 2 N–H and O–H groups in total. The van der Waals surface area contributed by atoms with E-state index in [0.29, 0.717) is 27.0 Å². The predicted molar refractivity (Wildman–Crippen MR) is 98.9 cm³/mol. The second-order valence-electron chi connectivity index (χ2n) is 6.36. The second kappa shape index (κ2) is 7.24. The molecule has 0 saturated heterocycles. The van der Waals surface area contributed by atoms with Crippen LogP contribution in [0.2, 0.25) is 10.0 Å². The zero-order valence-electron chi connectivity index (χ0n) is 13.6. The summed E-state index contributed by atoms with van der Waals surface area (Å²) in [6, 6.07) is 11.5. The lowest BCUT2D eigenvalue weighted by atomic mass is 9.95. The van der Waals surface area contributed by atoms with Gasteiger partial charge in [0.2, 0.25) is 5.91 Å². The van der Waals surface area contributed by atoms with Crippen molar-refractivity contribution in [1.29, 1.82) is 0 Å². The van der Waals surface area contributed by atoms with Gasteiger partial charge in [0.25, 0.3) is 5.91 Å². The molecule has 0 unspecified atom stereocenters. The van der Waals surface area contributed by atoms with E-state index in [1.165, 1.54) is 0 Å². The molecule has 0 bridgehead atoms. The van der Waals surface area contributed by atoms with Crippen molar-refractivity contribution < 1.29 is 9.59 Å². The summed E-state index contributed by atoms with van der Waals surface area (Å²) < 4.78 is 0. The number of rotatable bonds is 3. The van der Waals surface area contributed by atoms with Gasteiger partial charge >= 0.3 is 0 Å². The van der Waals surface area contributed by atoms with E-state index in [2.05, 4.69) is 10.6 Å². The molecular weight excluding hydrogens is 347 g/mol. The first-order valence-electron chi connectivity index (χ1n) is 7.35. The molecule has 0 radical (unpaired) electrons. The quantitative estimate of drug-likeness (QED) is 0.782. The van der Waals surface area contributed by atoms with Gasteiger partial charge in [-0.1, -0.05) is 44.0 Å². The van der Waals surface area contributed by atoms with Crippen LogP contribution in [0.15, 0.2) is 42.5 Å². The Balaban J connectivity index is 2.11. The Hall–Kier alpha value is -2.04. The Morgan fingerprint density at radius 1 is 0.917 bits per heavy atom. The van der Waals surface area contributed by atoms with E-state index >= 15 is 0 Å². The predicted octanol–water partition coefficient (Wildman–Crippen LogP) is 5.23. The van der Waals surface area contributed by atoms with Crippen molar-refractivity contribution in [3.8, 4) is 0 Å². The van der Waals surface area contributed by atoms with Crippen LogP contribution in [0, 0.1) is 5.41 Å². The van der Waals surface area contributed by atoms with Crippen molar-refractivity contribution in [3.05, 3.63) is 58.1 Å². The molecule has 2 amide bonds. The van der Waals surface area contributed by atoms with E-state index in [-0.39, 0.29) is 11.8 Å². The van der Waals surface area contributed by atoms with E-state index in [0.717, 1.165) is 0 Å². The highest BCUT2D eigenvalue weighted by Crippen LogP contribution is 2.27. The number of halogens is 2. The first-order chi connectivity index (χ1) is 11.2. The molecule has 126 valence electrons. The molecule has 0 aliphatic carbocycles. The van der Waals surface area contributed by atoms with Gasteiger partial charge in [-0.05, 0) is 42.5 Å². The number of anilines is 2. The van der Waals surface area contributed by atoms with Gasteiger partial charge in [-0.25, -0.2) is 0 Å². The van der Waals surface area contributed by atoms with Gasteiger partial charge in [0.1, 0.15) is 0 Å². The van der Waals surface area contributed by atoms with Crippen LogP contribution in [0.1, 0.15) is 31.1 Å². The van der Waals surface area contributed by atoms with Crippen molar-refractivity contribution in [2.45, 2.75) is 20.8 Å². The van der Waals surface area contributed by atoms with Gasteiger partial charge in [0.05, 0.1) is 10.7 Å². The van der Waals surface area contributed by atoms with Crippen LogP contribution in [-0.4, -0.2) is 11.8 Å². The number of amides is 2. The molecule has 0 spiro atoms. The number of hydrogen-bond acceptors (Lipinski definition) is 2. The molecule has 0 aromatic heterocycles. The molecule has 0 atom stereocenters. The Bertz CT molecular complexity index is 766. The van der Waals surface area contributed by atoms with Gasteiger partial charge in [0.15, 0.2) is 0 Å². The van der Waals surface area contributed by atoms with E-state index in [4.69, 9.17) is 23.2 Å². The number of carbonyl (C=O) groups excluding carboxylic acids is 2. The molecule has 0 heterocycles. The number of nitrogens with one attached hydrogen (secondary N) is 2. The van der Waals surface area contributed by atoms with E-state index in [1.54, 1.807) is 42.5 Å². The molecule has 0 aliphatic heterocycles. The maximum absolute atomic E-state index is 12.2. The Kier molecular flexibility index (Phi) is 5.52. The van der Waals surface area contributed by atoms with Crippen LogP contribution in [0.25, 0.3) is 0 Å². The Morgan fingerprint density at radius 3 is 2.08 bits per heavy atom. The van der Waals surface area contributed by atoms with Crippen molar-refractivity contribution in [1.82, 2.24) is 0 Å². The summed E-state index contributed by atoms with van der Waals surface area (Å²) in [4.78, 5) is 24.2. The molecule has 0 aliphatic rings. The highest BCUT2D eigenvalue weighted by molar-refractivity contribution is 6.34. The van der Waals surface area contributed by atoms with Crippen molar-refractivity contribution in [2.75, 3.05) is 10.6 Å². The van der Waals surface area contributed by atoms with E-state index < -0.39 is 5.41 Å². The molecular formula is C18H18Cl2N2O2. The van der Waals surface area contributed by atoms with E-state index in [9.17, 15) is 9.59 Å². The van der Waals surface area contributed by atoms with E-state index in [1.807, 2.05) is 20.8 Å². The summed E-state index contributed by atoms with van der Waals surface area (Å²) in [5.41, 5.74) is 1.00. The topological polar surface area (TPSA) is 58.2 Å². The number of benzene rings is 2. The molecule has 0 fully saturated rings. The largest absolute Gasteiger partial charge is 0.326 e. The third-order valence-electron chi connectivity index (χ3n) is 3.26. The summed E-state index contributed by atoms with van der Waals surface area (Å²) in [6.45, 7) is 5.47. The van der Waals surface area contributed by atoms with Gasteiger partial charge in [-0.2, -0.15) is 0 Å². The minimum absolute atomic E-state index is 0.114. The molecule has 4 nitrogen and oxygen atoms in total. The zero-order valence-corrected chi connectivity index (χ0v) is 15.1. The Labute approximate surface area is 151 Å². The Morgan fingerprint density at radius 2 is 1.54 bits per heavy atom. The summed E-state index contributed by atoms with van der Waals surface area (Å²) in [7, 11) is 0. The van der Waals surface area contributed by atoms with Crippen molar-refractivity contribution in [2.24, 2.45) is 5.41 Å². The minimum atomic E-state index is -0.506. The average Bonchev–Trinajstić information content (AvgIpc) is 2.49. The molecule has 24 heavy (non-hydrogen) atoms. The third kappa shape index (κ3) is 4.73. The lowest BCUT2D eigenvalue weighted by molar-refractivity contribution is -0.123. The molecule has 0 saturated carbocycles. The fourth-order valence-corrected chi connectivity index (χ4v) is 2.16. The summed E-state index contributed by atoms with van der Waals surface area (Å²) in [6.07, 6.45) is 0. The SMILES string of the molecule is CC(C)(C)C(=O)Nc1ccc(NC(=O)c2ccc(Cl)cc2)c(Cl)c1. The van der Waals surface area contributed by atoms with Crippen LogP contribution >= 0.6 is 23.2 Å². The summed E-state index contributed by atoms with van der Waals surface area (Å²) >= 11 is 12.0. The second-order valence-corrected chi connectivity index (χ2v) is 7.20. The monoisotopic (exact) mass is 364 g/mol. The number of carbonyl (C=O) groups is 2. The van der Waals surface area contributed by atoms with Gasteiger partial charge in [-0.15, -0.1) is 0 Å². The lowest BCUT2D eigenvalue weighted by Gasteiger charge is -2.18. The molecule has 2 aromatic rings. The summed E-state index contributed by atoms with van der Waals surface area (Å²) in [5.74, 6) is -0.406. The average molecular weight is 365 g/mol. The molecule has 2 aromatic carbocycles. The first kappa shape index (κ1) is 18.3. The maximum Gasteiger partial charge on any atom is 0.255 e. The molecule has 2 rings (SSSR count). The highest BCUT2D eigenvalue weighted by Gasteiger charge is 2.21. The van der Waals surface area contributed by atoms with Gasteiger partial charge < -0.3 is 10.6 Å². The lowest BCUT2D eigenvalue weighted by Crippen LogP contribution is -2.27. The third-order valence-corrected chi connectivity index (χ3v) is 3.83. The maximum atomic E-state index is 12.2. The highest BCUT2D eigenvalue weighted by atomic mass is 35.5. The normalized spacial score (nSPS) is 11.0. The number of hydrogen-bond donors (Lipinski definition) is 2. The van der Waals surface area contributed by atoms with Gasteiger partial charge in [-0.3, -0.25) is 9.59 Å². The van der Waals surface area contributed by atoms with Crippen LogP contribution < -0.4 is 10.6 Å². The van der Waals surface area contributed by atoms with Crippen LogP contribution in [-0.2, 0) is 4.79 Å². The molecule has 6 heteroatoms. The van der Waals surface area contributed by atoms with Crippen LogP contribution in [0.5, 0.6) is 0 Å². The standard InChI is InChI=1S/C18H18Cl2N2O2/c1-18(2,3)17(24)21-13-8-9-15(14(20)10-13)22-16(23)11-4-6-12(19)7-5-11/h4-10H,1-3H3,(H,21,24)(H,22,23). The summed E-state index contributed by atoms with van der Waals surface area (Å²) in [5, 5.41) is 6.42.